The third kappa shape index (κ3) is 4.75. The minimum atomic E-state index is 0.0140. The van der Waals surface area contributed by atoms with E-state index in [-0.39, 0.29) is 11.9 Å². The molecule has 1 amide bonds. The van der Waals surface area contributed by atoms with E-state index in [0.29, 0.717) is 18.7 Å². The number of aromatic nitrogens is 2. The number of likely N-dealkylation sites (N-methyl/N-ethyl adjacent to an activating group) is 1. The highest BCUT2D eigenvalue weighted by Gasteiger charge is 2.26. The largest absolute Gasteiger partial charge is 0.382 e. The number of para-hydroxylation sites is 1. The maximum Gasteiger partial charge on any atom is 0.254 e. The fourth-order valence-electron chi connectivity index (χ4n) is 5.55. The number of piperidine rings is 1. The first-order valence-electron chi connectivity index (χ1n) is 13.3. The fourth-order valence-corrected chi connectivity index (χ4v) is 5.55. The molecule has 4 heterocycles. The van der Waals surface area contributed by atoms with Crippen LogP contribution in [0.3, 0.4) is 0 Å². The Morgan fingerprint density at radius 2 is 2.08 bits per heavy atom. The van der Waals surface area contributed by atoms with Crippen LogP contribution >= 0.6 is 0 Å². The average Bonchev–Trinajstić information content (AvgIpc) is 3.29. The zero-order chi connectivity index (χ0) is 26.1. The number of nitrogens with one attached hydrogen (secondary N) is 1. The minimum Gasteiger partial charge on any atom is -0.382 e. The number of nitrogens with two attached hydrogens (primary N) is 1. The van der Waals surface area contributed by atoms with Gasteiger partial charge in [0.05, 0.1) is 29.0 Å². The number of aliphatic imine (C=N–C) groups is 1. The molecule has 3 N–H and O–H groups in total. The molecule has 2 aliphatic rings. The number of benzene rings is 2. The van der Waals surface area contributed by atoms with E-state index in [2.05, 4.69) is 63.2 Å². The monoisotopic (exact) mass is 507 g/mol. The van der Waals surface area contributed by atoms with Crippen LogP contribution in [0.1, 0.15) is 34.5 Å². The molecule has 1 atom stereocenters. The van der Waals surface area contributed by atoms with Crippen molar-refractivity contribution >= 4 is 40.1 Å². The summed E-state index contributed by atoms with van der Waals surface area (Å²) in [5.41, 5.74) is 12.8. The van der Waals surface area contributed by atoms with E-state index in [1.165, 1.54) is 0 Å². The van der Waals surface area contributed by atoms with Gasteiger partial charge in [0, 0.05) is 74.7 Å². The molecule has 8 heteroatoms. The summed E-state index contributed by atoms with van der Waals surface area (Å²) in [6.45, 7) is 3.71. The SMILES string of the molecule is CN1CCNc2cc(C(=O)N3CCCC(N)C3)cc(N=Cc3cc4ccccc4n3Cc3cccnc3)c21. The van der Waals surface area contributed by atoms with E-state index < -0.39 is 0 Å². The molecule has 4 aromatic rings. The van der Waals surface area contributed by atoms with Crippen molar-refractivity contribution in [1.29, 1.82) is 0 Å². The third-order valence-electron chi connectivity index (χ3n) is 7.47. The van der Waals surface area contributed by atoms with Crippen LogP contribution in [0.2, 0.25) is 0 Å². The minimum absolute atomic E-state index is 0.0140. The summed E-state index contributed by atoms with van der Waals surface area (Å²) in [5, 5.41) is 4.64. The van der Waals surface area contributed by atoms with Crippen molar-refractivity contribution in [3.8, 4) is 0 Å². The summed E-state index contributed by atoms with van der Waals surface area (Å²) >= 11 is 0. The number of rotatable bonds is 5. The topological polar surface area (TPSA) is 91.8 Å². The number of hydrogen-bond donors (Lipinski definition) is 2. The van der Waals surface area contributed by atoms with E-state index in [9.17, 15) is 4.79 Å². The Morgan fingerprint density at radius 3 is 2.92 bits per heavy atom. The van der Waals surface area contributed by atoms with Gasteiger partial charge in [-0.1, -0.05) is 24.3 Å². The van der Waals surface area contributed by atoms with Gasteiger partial charge in [-0.25, -0.2) is 0 Å². The van der Waals surface area contributed by atoms with Crippen molar-refractivity contribution in [3.05, 3.63) is 83.8 Å². The molecular weight excluding hydrogens is 474 g/mol. The first-order valence-corrected chi connectivity index (χ1v) is 13.3. The molecule has 1 unspecified atom stereocenters. The molecule has 2 aromatic heterocycles. The number of pyridine rings is 1. The molecule has 2 aromatic carbocycles. The lowest BCUT2D eigenvalue weighted by molar-refractivity contribution is 0.0709. The van der Waals surface area contributed by atoms with Crippen LogP contribution in [-0.4, -0.2) is 65.8 Å². The van der Waals surface area contributed by atoms with Crippen molar-refractivity contribution in [2.75, 3.05) is 43.4 Å². The van der Waals surface area contributed by atoms with E-state index in [1.54, 1.807) is 6.20 Å². The number of amides is 1. The fraction of sp³-hybridized carbons (Fsp3) is 0.300. The van der Waals surface area contributed by atoms with E-state index in [4.69, 9.17) is 10.7 Å². The van der Waals surface area contributed by atoms with Gasteiger partial charge in [0.1, 0.15) is 0 Å². The Kier molecular flexibility index (Phi) is 6.55. The summed E-state index contributed by atoms with van der Waals surface area (Å²) in [4.78, 5) is 26.9. The molecular formula is C30H33N7O. The molecule has 0 radical (unpaired) electrons. The molecule has 1 saturated heterocycles. The summed E-state index contributed by atoms with van der Waals surface area (Å²) < 4.78 is 2.26. The Bertz CT molecular complexity index is 1490. The van der Waals surface area contributed by atoms with Crippen molar-refractivity contribution in [2.45, 2.75) is 25.4 Å². The molecule has 6 rings (SSSR count). The summed E-state index contributed by atoms with van der Waals surface area (Å²) in [6.07, 6.45) is 7.50. The van der Waals surface area contributed by atoms with Gasteiger partial charge in [-0.3, -0.25) is 14.8 Å². The van der Waals surface area contributed by atoms with Crippen molar-refractivity contribution in [3.63, 3.8) is 0 Å². The van der Waals surface area contributed by atoms with Crippen LogP contribution in [0.15, 0.2) is 72.0 Å². The molecule has 0 bridgehead atoms. The van der Waals surface area contributed by atoms with Crippen LogP contribution in [0.4, 0.5) is 17.1 Å². The quantitative estimate of drug-likeness (QED) is 0.394. The van der Waals surface area contributed by atoms with Gasteiger partial charge in [-0.2, -0.15) is 0 Å². The zero-order valence-electron chi connectivity index (χ0n) is 21.7. The average molecular weight is 508 g/mol. The van der Waals surface area contributed by atoms with Gasteiger partial charge in [0.15, 0.2) is 0 Å². The Balaban J connectivity index is 1.40. The highest BCUT2D eigenvalue weighted by molar-refractivity contribution is 6.00. The van der Waals surface area contributed by atoms with E-state index >= 15 is 0 Å². The number of fused-ring (bicyclic) bond motifs is 2. The number of anilines is 2. The molecule has 0 aliphatic carbocycles. The summed E-state index contributed by atoms with van der Waals surface area (Å²) in [5.74, 6) is 0.0140. The lowest BCUT2D eigenvalue weighted by Gasteiger charge is -2.33. The van der Waals surface area contributed by atoms with Crippen molar-refractivity contribution in [2.24, 2.45) is 10.7 Å². The second-order valence-corrected chi connectivity index (χ2v) is 10.2. The number of carbonyl (C=O) groups is 1. The number of hydrogen-bond acceptors (Lipinski definition) is 6. The molecule has 194 valence electrons. The van der Waals surface area contributed by atoms with Crippen LogP contribution < -0.4 is 16.0 Å². The van der Waals surface area contributed by atoms with Crippen LogP contribution in [0, 0.1) is 0 Å². The Labute approximate surface area is 222 Å². The standard InChI is InChI=1S/C30H33N7O/c1-35-13-11-33-26-15-23(30(38)36-12-5-8-24(31)20-36)16-27(29(26)35)34-18-25-14-22-7-2-3-9-28(22)37(25)19-21-6-4-10-32-17-21/h2-4,6-7,9-10,14-18,24,33H,5,8,11-13,19-20,31H2,1H3. The van der Waals surface area contributed by atoms with Crippen LogP contribution in [0.5, 0.6) is 0 Å². The smallest absolute Gasteiger partial charge is 0.254 e. The first kappa shape index (κ1) is 24.2. The first-order chi connectivity index (χ1) is 18.6. The maximum absolute atomic E-state index is 13.5. The second kappa shape index (κ2) is 10.3. The van der Waals surface area contributed by atoms with Crippen LogP contribution in [-0.2, 0) is 6.54 Å². The molecule has 2 aliphatic heterocycles. The predicted octanol–water partition coefficient (Wildman–Crippen LogP) is 4.26. The molecule has 8 nitrogen and oxygen atoms in total. The van der Waals surface area contributed by atoms with Crippen molar-refractivity contribution < 1.29 is 4.79 Å². The molecule has 1 fully saturated rings. The predicted molar refractivity (Wildman–Crippen MR) is 154 cm³/mol. The van der Waals surface area contributed by atoms with Gasteiger partial charge in [0.25, 0.3) is 5.91 Å². The van der Waals surface area contributed by atoms with Gasteiger partial charge < -0.3 is 25.4 Å². The van der Waals surface area contributed by atoms with Gasteiger partial charge in [-0.15, -0.1) is 0 Å². The number of likely N-dealkylation sites (tertiary alicyclic amines) is 1. The number of carbonyl (C=O) groups excluding carboxylic acids is 1. The third-order valence-corrected chi connectivity index (χ3v) is 7.47. The zero-order valence-corrected chi connectivity index (χ0v) is 21.7. The lowest BCUT2D eigenvalue weighted by atomic mass is 10.0. The summed E-state index contributed by atoms with van der Waals surface area (Å²) in [6, 6.07) is 18.5. The highest BCUT2D eigenvalue weighted by Crippen LogP contribution is 2.39. The van der Waals surface area contributed by atoms with E-state index in [0.717, 1.165) is 71.7 Å². The molecule has 0 saturated carbocycles. The number of nitrogens with zero attached hydrogens (tertiary/aromatic N) is 5. The van der Waals surface area contributed by atoms with E-state index in [1.807, 2.05) is 35.5 Å². The van der Waals surface area contributed by atoms with Crippen LogP contribution in [0.25, 0.3) is 10.9 Å². The maximum atomic E-state index is 13.5. The lowest BCUT2D eigenvalue weighted by Crippen LogP contribution is -2.45. The van der Waals surface area contributed by atoms with Gasteiger partial charge in [0.2, 0.25) is 0 Å². The Morgan fingerprint density at radius 1 is 1.18 bits per heavy atom. The van der Waals surface area contributed by atoms with Gasteiger partial charge >= 0.3 is 0 Å². The Hall–Kier alpha value is -4.17. The molecule has 0 spiro atoms. The summed E-state index contributed by atoms with van der Waals surface area (Å²) in [7, 11) is 2.07. The molecule has 38 heavy (non-hydrogen) atoms. The second-order valence-electron chi connectivity index (χ2n) is 10.2. The highest BCUT2D eigenvalue weighted by atomic mass is 16.2. The van der Waals surface area contributed by atoms with Gasteiger partial charge in [-0.05, 0) is 48.7 Å². The normalized spacial score (nSPS) is 17.6. The van der Waals surface area contributed by atoms with Crippen molar-refractivity contribution in [1.82, 2.24) is 14.5 Å².